The molecule has 0 fully saturated rings. The second kappa shape index (κ2) is 15.5. The third-order valence-corrected chi connectivity index (χ3v) is 12.3. The van der Waals surface area contributed by atoms with Crippen molar-refractivity contribution in [2.45, 2.75) is 25.4 Å². The van der Waals surface area contributed by atoms with Crippen molar-refractivity contribution in [2.24, 2.45) is 9.98 Å². The van der Waals surface area contributed by atoms with E-state index in [1.54, 1.807) is 6.08 Å². The van der Waals surface area contributed by atoms with Gasteiger partial charge in [0.1, 0.15) is 11.7 Å². The first kappa shape index (κ1) is 37.6. The molecule has 1 heterocycles. The van der Waals surface area contributed by atoms with Crippen LogP contribution >= 0.6 is 0 Å². The van der Waals surface area contributed by atoms with Gasteiger partial charge in [0.2, 0.25) is 0 Å². The number of allylic oxidation sites excluding steroid dienone is 3. The van der Waals surface area contributed by atoms with Crippen LogP contribution in [0.1, 0.15) is 41.7 Å². The summed E-state index contributed by atoms with van der Waals surface area (Å²) in [4.78, 5) is 9.91. The maximum atomic E-state index is 5.03. The molecule has 2 atom stereocenters. The summed E-state index contributed by atoms with van der Waals surface area (Å²) >= 11 is 0. The summed E-state index contributed by atoms with van der Waals surface area (Å²) in [5.41, 5.74) is 14.7. The molecule has 0 saturated carbocycles. The van der Waals surface area contributed by atoms with Gasteiger partial charge in [-0.1, -0.05) is 213 Å². The predicted octanol–water partition coefficient (Wildman–Crippen LogP) is 14.0. The lowest BCUT2D eigenvalue weighted by Gasteiger charge is -2.34. The molecule has 1 N–H and O–H groups in total. The Morgan fingerprint density at radius 3 is 1.90 bits per heavy atom. The summed E-state index contributed by atoms with van der Waals surface area (Å²) in [7, 11) is 0. The van der Waals surface area contributed by atoms with Crippen molar-refractivity contribution in [3.63, 3.8) is 0 Å². The van der Waals surface area contributed by atoms with Gasteiger partial charge in [-0.15, -0.1) is 0 Å². The SMILES string of the molecule is C=C/C=C(\C)C1N=C(C(=C)/C=C\C)NC(c2ccc(-c3c(-c4ccc(C5(c6ccccc6)c6ccccc6-c6c5ccc5ccccc65)cc4)ccc4ccccc34)cc2)=N1. The van der Waals surface area contributed by atoms with Gasteiger partial charge in [0.15, 0.2) is 6.17 Å². The number of rotatable bonds is 9. The maximum Gasteiger partial charge on any atom is 0.165 e. The van der Waals surface area contributed by atoms with Crippen molar-refractivity contribution in [1.29, 1.82) is 0 Å². The molecule has 0 aromatic heterocycles. The normalized spacial score (nSPS) is 17.1. The highest BCUT2D eigenvalue weighted by Gasteiger charge is 2.46. The fraction of sp³-hybridized carbons (Fsp3) is 0.0690. The van der Waals surface area contributed by atoms with Crippen LogP contribution in [0.2, 0.25) is 0 Å². The van der Waals surface area contributed by atoms with Crippen molar-refractivity contribution < 1.29 is 0 Å². The Morgan fingerprint density at radius 2 is 1.18 bits per heavy atom. The van der Waals surface area contributed by atoms with Gasteiger partial charge in [-0.2, -0.15) is 0 Å². The van der Waals surface area contributed by atoms with Gasteiger partial charge in [0.25, 0.3) is 0 Å². The Morgan fingerprint density at radius 1 is 0.574 bits per heavy atom. The molecule has 10 rings (SSSR count). The molecule has 2 unspecified atom stereocenters. The number of hydrogen-bond acceptors (Lipinski definition) is 3. The average Bonchev–Trinajstić information content (AvgIpc) is 3.63. The standard InChI is InChI=1S/C58H45N3/c1-5-16-38(3)55-59-56(39(4)17-6-2)61-57(60-55)44-28-26-43(27-29-44)53-47-22-12-10-18-40(47)32-36-49(53)42-30-34-46(35-31-42)58(45-20-8-7-9-21-45)51-25-15-14-24-50(51)54-48-23-13-11-19-41(48)33-37-52(54)58/h5-37,55H,1,4H2,2-3H3,(H,59,60,61)/b17-6-,38-16+. The lowest BCUT2D eigenvalue weighted by atomic mass is 9.67. The minimum atomic E-state index is -0.490. The molecule has 1 aliphatic heterocycles. The van der Waals surface area contributed by atoms with E-state index >= 15 is 0 Å². The first-order chi connectivity index (χ1) is 30.0. The van der Waals surface area contributed by atoms with E-state index in [4.69, 9.17) is 9.98 Å². The van der Waals surface area contributed by atoms with E-state index in [1.165, 1.54) is 66.1 Å². The number of fused-ring (bicyclic) bond motifs is 6. The van der Waals surface area contributed by atoms with Gasteiger partial charge in [-0.25, -0.2) is 9.98 Å². The third kappa shape index (κ3) is 6.29. The summed E-state index contributed by atoms with van der Waals surface area (Å²) in [5.74, 6) is 1.47. The monoisotopic (exact) mass is 783 g/mol. The molecule has 3 heteroatoms. The van der Waals surface area contributed by atoms with E-state index in [0.29, 0.717) is 5.84 Å². The van der Waals surface area contributed by atoms with Crippen molar-refractivity contribution >= 4 is 33.2 Å². The van der Waals surface area contributed by atoms with Crippen LogP contribution in [0.15, 0.2) is 235 Å². The van der Waals surface area contributed by atoms with Crippen molar-refractivity contribution in [3.8, 4) is 33.4 Å². The zero-order chi connectivity index (χ0) is 41.5. The first-order valence-corrected chi connectivity index (χ1v) is 20.9. The molecular weight excluding hydrogens is 739 g/mol. The topological polar surface area (TPSA) is 36.8 Å². The zero-order valence-electron chi connectivity index (χ0n) is 34.4. The van der Waals surface area contributed by atoms with Crippen LogP contribution in [0.4, 0.5) is 0 Å². The quantitative estimate of drug-likeness (QED) is 0.145. The van der Waals surface area contributed by atoms with Crippen LogP contribution in [-0.2, 0) is 5.41 Å². The highest BCUT2D eigenvalue weighted by molar-refractivity contribution is 6.17. The fourth-order valence-corrected chi connectivity index (χ4v) is 9.56. The molecule has 8 aromatic rings. The fourth-order valence-electron chi connectivity index (χ4n) is 9.56. The van der Waals surface area contributed by atoms with E-state index in [9.17, 15) is 0 Å². The van der Waals surface area contributed by atoms with E-state index in [1.807, 2.05) is 32.1 Å². The van der Waals surface area contributed by atoms with Crippen LogP contribution in [0.25, 0.3) is 54.9 Å². The van der Waals surface area contributed by atoms with Crippen molar-refractivity contribution in [1.82, 2.24) is 5.32 Å². The summed E-state index contributed by atoms with van der Waals surface area (Å²) in [5, 5.41) is 8.41. The molecule has 292 valence electrons. The molecule has 0 saturated heterocycles. The Balaban J connectivity index is 1.09. The number of hydrogen-bond donors (Lipinski definition) is 1. The highest BCUT2D eigenvalue weighted by Crippen LogP contribution is 2.58. The zero-order valence-corrected chi connectivity index (χ0v) is 34.4. The first-order valence-electron chi connectivity index (χ1n) is 20.9. The van der Waals surface area contributed by atoms with Gasteiger partial charge in [-0.3, -0.25) is 0 Å². The van der Waals surface area contributed by atoms with Gasteiger partial charge in [0.05, 0.1) is 5.41 Å². The minimum absolute atomic E-state index is 0.370. The Labute approximate surface area is 358 Å². The molecule has 0 spiro atoms. The lowest BCUT2D eigenvalue weighted by molar-refractivity contribution is 0.769. The average molecular weight is 784 g/mol. The number of nitrogens with zero attached hydrogens (tertiary/aromatic N) is 2. The number of amidine groups is 2. The number of benzene rings is 8. The predicted molar refractivity (Wildman–Crippen MR) is 258 cm³/mol. The summed E-state index contributed by atoms with van der Waals surface area (Å²) in [6.07, 6.45) is 7.31. The molecule has 8 aromatic carbocycles. The van der Waals surface area contributed by atoms with Gasteiger partial charge in [0, 0.05) is 11.1 Å². The molecule has 1 aliphatic carbocycles. The van der Waals surface area contributed by atoms with Crippen molar-refractivity contribution in [3.05, 3.63) is 252 Å². The van der Waals surface area contributed by atoms with Crippen LogP contribution in [0, 0.1) is 0 Å². The smallest absolute Gasteiger partial charge is 0.165 e. The molecular formula is C58H45N3. The number of nitrogens with one attached hydrogen (secondary N) is 1. The van der Waals surface area contributed by atoms with E-state index < -0.39 is 5.41 Å². The van der Waals surface area contributed by atoms with Crippen LogP contribution in [0.3, 0.4) is 0 Å². The summed E-state index contributed by atoms with van der Waals surface area (Å²) in [6, 6.07) is 64.8. The lowest BCUT2D eigenvalue weighted by Crippen LogP contribution is -2.38. The van der Waals surface area contributed by atoms with Crippen LogP contribution < -0.4 is 5.32 Å². The van der Waals surface area contributed by atoms with E-state index in [2.05, 4.69) is 194 Å². The molecule has 0 radical (unpaired) electrons. The highest BCUT2D eigenvalue weighted by atomic mass is 15.2. The molecule has 3 nitrogen and oxygen atoms in total. The molecule has 2 aliphatic rings. The molecule has 0 amide bonds. The van der Waals surface area contributed by atoms with E-state index in [0.717, 1.165) is 33.7 Å². The van der Waals surface area contributed by atoms with E-state index in [-0.39, 0.29) is 6.17 Å². The van der Waals surface area contributed by atoms with Gasteiger partial charge < -0.3 is 5.32 Å². The molecule has 0 bridgehead atoms. The van der Waals surface area contributed by atoms with Crippen LogP contribution in [-0.4, -0.2) is 17.8 Å². The minimum Gasteiger partial charge on any atom is -0.324 e. The Hall–Kier alpha value is -7.62. The van der Waals surface area contributed by atoms with Crippen LogP contribution in [0.5, 0.6) is 0 Å². The van der Waals surface area contributed by atoms with Crippen molar-refractivity contribution in [2.75, 3.05) is 0 Å². The largest absolute Gasteiger partial charge is 0.324 e. The second-order valence-corrected chi connectivity index (χ2v) is 15.9. The van der Waals surface area contributed by atoms with Gasteiger partial charge in [-0.05, 0) is 96.6 Å². The number of aliphatic imine (C=N–C) groups is 2. The Kier molecular flexibility index (Phi) is 9.58. The summed E-state index contributed by atoms with van der Waals surface area (Å²) in [6.45, 7) is 12.2. The third-order valence-electron chi connectivity index (χ3n) is 12.3. The van der Waals surface area contributed by atoms with Gasteiger partial charge >= 0.3 is 0 Å². The Bertz CT molecular complexity index is 3150. The molecule has 61 heavy (non-hydrogen) atoms. The second-order valence-electron chi connectivity index (χ2n) is 15.9. The maximum absolute atomic E-state index is 5.03. The summed E-state index contributed by atoms with van der Waals surface area (Å²) < 4.78 is 0.